The van der Waals surface area contributed by atoms with Crippen LogP contribution in [0.1, 0.15) is 0 Å². The Morgan fingerprint density at radius 1 is 0.250 bits per heavy atom. The van der Waals surface area contributed by atoms with Crippen LogP contribution in [0.5, 0.6) is 0 Å². The largest absolute Gasteiger partial charge is 0.207 e. The average molecular weight is 573 g/mol. The lowest BCUT2D eigenvalue weighted by Crippen LogP contribution is -1.99. The second-order valence-electron chi connectivity index (χ2n) is 12.0. The highest BCUT2D eigenvalue weighted by Crippen LogP contribution is 2.56. The van der Waals surface area contributed by atoms with Crippen LogP contribution >= 0.6 is 0 Å². The highest BCUT2D eigenvalue weighted by molar-refractivity contribution is 6.55. The second kappa shape index (κ2) is 7.35. The summed E-state index contributed by atoms with van der Waals surface area (Å²) < 4.78 is 62.1. The van der Waals surface area contributed by atoms with Gasteiger partial charge in [0.2, 0.25) is 0 Å². The molecule has 0 fully saturated rings. The van der Waals surface area contributed by atoms with E-state index in [9.17, 15) is 0 Å². The van der Waals surface area contributed by atoms with Gasteiger partial charge in [0.05, 0.1) is 0 Å². The molecule has 0 atom stereocenters. The number of halogens is 4. The quantitative estimate of drug-likeness (QED) is 0.0963. The summed E-state index contributed by atoms with van der Waals surface area (Å²) in [5, 5.41) is 15.8. The standard InChI is InChI=1S/C40H16F4/c41-17-13-27-31(29(43)15-17)25-11-9-23-19-5-1-3-7-21(19)33-22-8-4-2-6-20(22)24-10-12-26-32-28(14-18(42)16-30(32)44)34(27)40-37(25)35(23)39(33)36(24)38(26)40/h1-16H. The summed E-state index contributed by atoms with van der Waals surface area (Å²) in [4.78, 5) is 0. The van der Waals surface area contributed by atoms with E-state index >= 15 is 17.6 Å². The Morgan fingerprint density at radius 3 is 1.05 bits per heavy atom. The van der Waals surface area contributed by atoms with E-state index in [1.165, 1.54) is 12.1 Å². The molecule has 0 aromatic heterocycles. The fraction of sp³-hybridized carbons (Fsp3) is 0. The monoisotopic (exact) mass is 572 g/mol. The summed E-state index contributed by atoms with van der Waals surface area (Å²) in [6, 6.07) is 29.0. The summed E-state index contributed by atoms with van der Waals surface area (Å²) in [5.74, 6) is -2.88. The van der Waals surface area contributed by atoms with Gasteiger partial charge in [0, 0.05) is 22.9 Å². The van der Waals surface area contributed by atoms with Crippen molar-refractivity contribution in [3.8, 4) is 0 Å². The Bertz CT molecular complexity index is 2880. The van der Waals surface area contributed by atoms with Gasteiger partial charge in [-0.05, 0) is 109 Å². The second-order valence-corrected chi connectivity index (χ2v) is 12.0. The van der Waals surface area contributed by atoms with E-state index in [1.54, 1.807) is 0 Å². The molecular formula is C40H16F4. The van der Waals surface area contributed by atoms with Gasteiger partial charge in [0.1, 0.15) is 23.3 Å². The van der Waals surface area contributed by atoms with Crippen molar-refractivity contribution in [2.24, 2.45) is 0 Å². The first kappa shape index (κ1) is 23.0. The molecule has 0 saturated heterocycles. The van der Waals surface area contributed by atoms with E-state index in [4.69, 9.17) is 0 Å². The fourth-order valence-corrected chi connectivity index (χ4v) is 8.65. The number of rotatable bonds is 0. The third-order valence-electron chi connectivity index (χ3n) is 10.1. The minimum absolute atomic E-state index is 0.249. The first-order valence-electron chi connectivity index (χ1n) is 14.5. The maximum absolute atomic E-state index is 16.0. The summed E-state index contributed by atoms with van der Waals surface area (Å²) in [7, 11) is 0. The van der Waals surface area contributed by atoms with Crippen molar-refractivity contribution in [1.82, 2.24) is 0 Å². The molecule has 11 rings (SSSR count). The maximum Gasteiger partial charge on any atom is 0.134 e. The van der Waals surface area contributed by atoms with Gasteiger partial charge >= 0.3 is 0 Å². The predicted molar refractivity (Wildman–Crippen MR) is 175 cm³/mol. The molecule has 11 aromatic rings. The van der Waals surface area contributed by atoms with Crippen molar-refractivity contribution >= 4 is 108 Å². The zero-order valence-electron chi connectivity index (χ0n) is 22.7. The van der Waals surface area contributed by atoms with Crippen LogP contribution in [0.2, 0.25) is 0 Å². The van der Waals surface area contributed by atoms with Crippen LogP contribution in [0.3, 0.4) is 0 Å². The van der Waals surface area contributed by atoms with Crippen LogP contribution in [0.4, 0.5) is 17.6 Å². The highest BCUT2D eigenvalue weighted by atomic mass is 19.1. The maximum atomic E-state index is 16.0. The molecule has 0 saturated carbocycles. The molecule has 44 heavy (non-hydrogen) atoms. The third kappa shape index (κ3) is 2.40. The van der Waals surface area contributed by atoms with E-state index in [0.717, 1.165) is 82.2 Å². The molecule has 11 aromatic carbocycles. The smallest absolute Gasteiger partial charge is 0.134 e. The molecular weight excluding hydrogens is 556 g/mol. The van der Waals surface area contributed by atoms with E-state index in [-0.39, 0.29) is 10.8 Å². The van der Waals surface area contributed by atoms with Gasteiger partial charge in [-0.3, -0.25) is 0 Å². The Morgan fingerprint density at radius 2 is 0.591 bits per heavy atom. The van der Waals surface area contributed by atoms with Crippen LogP contribution in [0, 0.1) is 23.3 Å². The van der Waals surface area contributed by atoms with Crippen molar-refractivity contribution in [1.29, 1.82) is 0 Å². The summed E-state index contributed by atoms with van der Waals surface area (Å²) in [6.45, 7) is 0. The summed E-state index contributed by atoms with van der Waals surface area (Å²) in [5.41, 5.74) is 0. The molecule has 0 unspecified atom stereocenters. The third-order valence-corrected chi connectivity index (χ3v) is 10.1. The molecule has 204 valence electrons. The van der Waals surface area contributed by atoms with Crippen LogP contribution in [-0.4, -0.2) is 0 Å². The van der Waals surface area contributed by atoms with Gasteiger partial charge in [-0.2, -0.15) is 0 Å². The van der Waals surface area contributed by atoms with Crippen LogP contribution in [0.25, 0.3) is 108 Å². The zero-order chi connectivity index (χ0) is 29.2. The molecule has 0 spiro atoms. The van der Waals surface area contributed by atoms with Crippen molar-refractivity contribution in [3.63, 3.8) is 0 Å². The molecule has 0 aliphatic heterocycles. The van der Waals surface area contributed by atoms with E-state index in [1.807, 2.05) is 48.5 Å². The predicted octanol–water partition coefficient (Wildman–Crippen LogP) is 12.1. The lowest BCUT2D eigenvalue weighted by Gasteiger charge is -2.26. The molecule has 0 aliphatic carbocycles. The molecule has 0 N–H and O–H groups in total. The van der Waals surface area contributed by atoms with E-state index in [2.05, 4.69) is 24.3 Å². The van der Waals surface area contributed by atoms with Crippen molar-refractivity contribution in [2.45, 2.75) is 0 Å². The Balaban J connectivity index is 1.68. The minimum atomic E-state index is -0.739. The number of benzene rings is 11. The molecule has 0 aliphatic rings. The molecule has 0 radical (unpaired) electrons. The van der Waals surface area contributed by atoms with Crippen molar-refractivity contribution in [3.05, 3.63) is 120 Å². The highest BCUT2D eigenvalue weighted by Gasteiger charge is 2.28. The number of fused-ring (bicyclic) bond motifs is 12. The first-order valence-corrected chi connectivity index (χ1v) is 14.5. The molecule has 0 amide bonds. The fourth-order valence-electron chi connectivity index (χ4n) is 8.65. The average Bonchev–Trinajstić information content (AvgIpc) is 3.02. The molecule has 4 heteroatoms. The van der Waals surface area contributed by atoms with E-state index in [0.29, 0.717) is 26.9 Å². The number of hydrogen-bond acceptors (Lipinski definition) is 0. The lowest BCUT2D eigenvalue weighted by molar-refractivity contribution is 0.592. The zero-order valence-corrected chi connectivity index (χ0v) is 22.7. The van der Waals surface area contributed by atoms with Crippen molar-refractivity contribution < 1.29 is 17.6 Å². The normalized spacial score (nSPS) is 13.0. The van der Waals surface area contributed by atoms with Gasteiger partial charge in [-0.1, -0.05) is 72.8 Å². The van der Waals surface area contributed by atoms with Crippen LogP contribution in [0.15, 0.2) is 97.1 Å². The van der Waals surface area contributed by atoms with Crippen LogP contribution in [-0.2, 0) is 0 Å². The van der Waals surface area contributed by atoms with Crippen molar-refractivity contribution in [2.75, 3.05) is 0 Å². The number of hydrogen-bond donors (Lipinski definition) is 0. The Hall–Kier alpha value is -5.48. The first-order chi connectivity index (χ1) is 21.5. The summed E-state index contributed by atoms with van der Waals surface area (Å²) >= 11 is 0. The Labute approximate surface area is 245 Å². The SMILES string of the molecule is Fc1cc(F)c2c(c1)c1c3cc(F)cc(F)c3c3ccc4c5ccccc5c5c6ccccc6c6ccc2c2c6c5c4c3c12. The summed E-state index contributed by atoms with van der Waals surface area (Å²) in [6.07, 6.45) is 0. The van der Waals surface area contributed by atoms with Gasteiger partial charge < -0.3 is 0 Å². The topological polar surface area (TPSA) is 0 Å². The van der Waals surface area contributed by atoms with Gasteiger partial charge in [-0.15, -0.1) is 0 Å². The van der Waals surface area contributed by atoms with Gasteiger partial charge in [0.25, 0.3) is 0 Å². The van der Waals surface area contributed by atoms with Gasteiger partial charge in [0.15, 0.2) is 0 Å². The molecule has 0 nitrogen and oxygen atoms in total. The Kier molecular flexibility index (Phi) is 3.85. The van der Waals surface area contributed by atoms with Gasteiger partial charge in [-0.25, -0.2) is 17.6 Å². The molecule has 0 bridgehead atoms. The minimum Gasteiger partial charge on any atom is -0.207 e. The lowest BCUT2D eigenvalue weighted by atomic mass is 9.77. The van der Waals surface area contributed by atoms with E-state index < -0.39 is 23.3 Å². The van der Waals surface area contributed by atoms with Crippen LogP contribution < -0.4 is 0 Å². The molecule has 0 heterocycles.